The predicted molar refractivity (Wildman–Crippen MR) is 109 cm³/mol. The van der Waals surface area contributed by atoms with Crippen molar-refractivity contribution in [1.82, 2.24) is 14.9 Å². The van der Waals surface area contributed by atoms with Gasteiger partial charge in [-0.3, -0.25) is 0 Å². The number of hydrogen-bond acceptors (Lipinski definition) is 4. The van der Waals surface area contributed by atoms with Gasteiger partial charge in [-0.1, -0.05) is 29.8 Å². The molecule has 2 heterocycles. The number of carbonyl (C=O) groups is 2. The summed E-state index contributed by atoms with van der Waals surface area (Å²) in [4.78, 5) is 34.3. The van der Waals surface area contributed by atoms with E-state index in [1.165, 1.54) is 19.2 Å². The summed E-state index contributed by atoms with van der Waals surface area (Å²) in [5.41, 5.74) is 2.77. The Kier molecular flexibility index (Phi) is 5.41. The van der Waals surface area contributed by atoms with Crippen molar-refractivity contribution in [3.63, 3.8) is 0 Å². The van der Waals surface area contributed by atoms with Crippen LogP contribution in [-0.4, -0.2) is 40.5 Å². The smallest absolute Gasteiger partial charge is 0.339 e. The second-order valence-corrected chi connectivity index (χ2v) is 7.16. The van der Waals surface area contributed by atoms with Crippen molar-refractivity contribution in [2.45, 2.75) is 12.5 Å². The third kappa shape index (κ3) is 3.61. The van der Waals surface area contributed by atoms with E-state index in [4.69, 9.17) is 16.3 Å². The summed E-state index contributed by atoms with van der Waals surface area (Å²) >= 11 is 5.99. The molecule has 0 fully saturated rings. The van der Waals surface area contributed by atoms with Crippen LogP contribution in [0.1, 0.15) is 33.4 Å². The van der Waals surface area contributed by atoms with Crippen LogP contribution in [0.5, 0.6) is 0 Å². The lowest BCUT2D eigenvalue weighted by Crippen LogP contribution is -2.43. The molecule has 0 radical (unpaired) electrons. The van der Waals surface area contributed by atoms with Gasteiger partial charge in [0.2, 0.25) is 0 Å². The fraction of sp³-hybridized carbons (Fsp3) is 0.190. The Morgan fingerprint density at radius 1 is 1.30 bits per heavy atom. The number of nitrogens with zero attached hydrogens (tertiary/aromatic N) is 2. The normalized spacial score (nSPS) is 15.4. The second kappa shape index (κ2) is 8.16. The number of nitrogens with one attached hydrogen (secondary N) is 2. The molecule has 0 spiro atoms. The van der Waals surface area contributed by atoms with E-state index in [0.717, 1.165) is 5.69 Å². The first-order valence-corrected chi connectivity index (χ1v) is 9.59. The summed E-state index contributed by atoms with van der Waals surface area (Å²) in [6.45, 7) is 0.390. The van der Waals surface area contributed by atoms with Gasteiger partial charge in [-0.25, -0.2) is 19.0 Å². The molecule has 0 saturated heterocycles. The average molecular weight is 429 g/mol. The van der Waals surface area contributed by atoms with Crippen molar-refractivity contribution in [2.24, 2.45) is 0 Å². The number of amides is 2. The second-order valence-electron chi connectivity index (χ2n) is 6.75. The third-order valence-electron chi connectivity index (χ3n) is 5.02. The average Bonchev–Trinajstić information content (AvgIpc) is 3.23. The van der Waals surface area contributed by atoms with Crippen LogP contribution in [0.15, 0.2) is 48.8 Å². The lowest BCUT2D eigenvalue weighted by Gasteiger charge is -2.35. The fourth-order valence-corrected chi connectivity index (χ4v) is 3.77. The Morgan fingerprint density at radius 3 is 2.87 bits per heavy atom. The molecule has 2 N–H and O–H groups in total. The number of rotatable bonds is 3. The van der Waals surface area contributed by atoms with E-state index in [9.17, 15) is 14.0 Å². The van der Waals surface area contributed by atoms with Gasteiger partial charge >= 0.3 is 12.0 Å². The van der Waals surface area contributed by atoms with Gasteiger partial charge in [0, 0.05) is 18.7 Å². The van der Waals surface area contributed by atoms with Crippen LogP contribution in [0.4, 0.5) is 14.9 Å². The molecule has 7 nitrogen and oxygen atoms in total. The highest BCUT2D eigenvalue weighted by Crippen LogP contribution is 2.35. The first-order valence-electron chi connectivity index (χ1n) is 9.21. The Bertz CT molecular complexity index is 1120. The molecule has 1 aromatic heterocycles. The number of ether oxygens (including phenoxy) is 1. The third-order valence-corrected chi connectivity index (χ3v) is 5.31. The maximum Gasteiger partial charge on any atom is 0.339 e. The first-order chi connectivity index (χ1) is 14.5. The Hall–Kier alpha value is -3.39. The van der Waals surface area contributed by atoms with E-state index in [1.807, 2.05) is 0 Å². The number of methoxy groups -OCH3 is 1. The summed E-state index contributed by atoms with van der Waals surface area (Å²) in [5, 5.41) is 2.75. The molecule has 154 valence electrons. The van der Waals surface area contributed by atoms with Crippen molar-refractivity contribution < 1.29 is 18.7 Å². The standard InChI is InChI=1S/C21H18ClFN4O3/c1-30-20(28)13-4-2-3-5-16(13)26-21(29)27-9-8-17-18(25-11-24-17)19(27)12-6-7-15(23)14(22)10-12/h2-7,10-11,19H,8-9H2,1H3,(H,24,25)(H,26,29). The largest absolute Gasteiger partial charge is 0.465 e. The van der Waals surface area contributed by atoms with Gasteiger partial charge in [0.25, 0.3) is 0 Å². The van der Waals surface area contributed by atoms with Gasteiger partial charge in [-0.05, 0) is 29.8 Å². The number of para-hydroxylation sites is 1. The molecule has 30 heavy (non-hydrogen) atoms. The van der Waals surface area contributed by atoms with Crippen LogP contribution in [0, 0.1) is 5.82 Å². The topological polar surface area (TPSA) is 87.3 Å². The number of aromatic nitrogens is 2. The van der Waals surface area contributed by atoms with Crippen LogP contribution in [0.25, 0.3) is 0 Å². The van der Waals surface area contributed by atoms with Crippen LogP contribution in [0.2, 0.25) is 5.02 Å². The molecule has 4 rings (SSSR count). The lowest BCUT2D eigenvalue weighted by molar-refractivity contribution is 0.0602. The van der Waals surface area contributed by atoms with E-state index < -0.39 is 23.9 Å². The van der Waals surface area contributed by atoms with Gasteiger partial charge in [0.1, 0.15) is 11.9 Å². The molecular formula is C21H18ClFN4O3. The molecule has 1 aliphatic rings. The Balaban J connectivity index is 1.69. The molecule has 1 unspecified atom stereocenters. The zero-order chi connectivity index (χ0) is 21.3. The minimum atomic E-state index is -0.566. The quantitative estimate of drug-likeness (QED) is 0.613. The predicted octanol–water partition coefficient (Wildman–Crippen LogP) is 4.17. The van der Waals surface area contributed by atoms with Gasteiger partial charge in [-0.15, -0.1) is 0 Å². The van der Waals surface area contributed by atoms with E-state index in [1.54, 1.807) is 41.6 Å². The molecule has 2 amide bonds. The van der Waals surface area contributed by atoms with E-state index in [0.29, 0.717) is 29.9 Å². The number of anilines is 1. The minimum absolute atomic E-state index is 0.0356. The number of imidazole rings is 1. The van der Waals surface area contributed by atoms with E-state index in [-0.39, 0.29) is 10.6 Å². The number of aromatic amines is 1. The van der Waals surface area contributed by atoms with Gasteiger partial charge in [-0.2, -0.15) is 0 Å². The molecule has 3 aromatic rings. The fourth-order valence-electron chi connectivity index (χ4n) is 3.58. The van der Waals surface area contributed by atoms with Crippen molar-refractivity contribution >= 4 is 29.3 Å². The maximum absolute atomic E-state index is 13.7. The Labute approximate surface area is 176 Å². The van der Waals surface area contributed by atoms with Crippen molar-refractivity contribution in [3.8, 4) is 0 Å². The van der Waals surface area contributed by atoms with Gasteiger partial charge in [0.05, 0.1) is 35.4 Å². The zero-order valence-electron chi connectivity index (χ0n) is 16.0. The first kappa shape index (κ1) is 19.9. The Morgan fingerprint density at radius 2 is 2.10 bits per heavy atom. The number of urea groups is 1. The molecule has 1 aliphatic heterocycles. The van der Waals surface area contributed by atoms with Crippen molar-refractivity contribution in [3.05, 3.63) is 82.1 Å². The number of esters is 1. The summed E-state index contributed by atoms with van der Waals surface area (Å²) in [6, 6.07) is 9.93. The van der Waals surface area contributed by atoms with E-state index >= 15 is 0 Å². The van der Waals surface area contributed by atoms with Crippen molar-refractivity contribution in [1.29, 1.82) is 0 Å². The van der Waals surface area contributed by atoms with Gasteiger partial charge < -0.3 is 19.9 Å². The highest BCUT2D eigenvalue weighted by atomic mass is 35.5. The maximum atomic E-state index is 13.7. The lowest BCUT2D eigenvalue weighted by atomic mass is 9.96. The molecule has 1 atom stereocenters. The van der Waals surface area contributed by atoms with E-state index in [2.05, 4.69) is 15.3 Å². The summed E-state index contributed by atoms with van der Waals surface area (Å²) < 4.78 is 18.5. The number of hydrogen-bond donors (Lipinski definition) is 2. The number of halogens is 2. The monoisotopic (exact) mass is 428 g/mol. The number of fused-ring (bicyclic) bond motifs is 1. The molecular weight excluding hydrogens is 411 g/mol. The zero-order valence-corrected chi connectivity index (χ0v) is 16.7. The molecule has 2 aromatic carbocycles. The van der Waals surface area contributed by atoms with Gasteiger partial charge in [0.15, 0.2) is 0 Å². The van der Waals surface area contributed by atoms with Crippen LogP contribution in [0.3, 0.4) is 0 Å². The minimum Gasteiger partial charge on any atom is -0.465 e. The molecule has 0 aliphatic carbocycles. The summed E-state index contributed by atoms with van der Waals surface area (Å²) in [5.74, 6) is -1.09. The summed E-state index contributed by atoms with van der Waals surface area (Å²) in [7, 11) is 1.28. The number of benzene rings is 2. The molecule has 0 bridgehead atoms. The highest BCUT2D eigenvalue weighted by molar-refractivity contribution is 6.30. The molecule has 0 saturated carbocycles. The SMILES string of the molecule is COC(=O)c1ccccc1NC(=O)N1CCc2[nH]cnc2C1c1ccc(F)c(Cl)c1. The van der Waals surface area contributed by atoms with Crippen LogP contribution in [-0.2, 0) is 11.2 Å². The summed E-state index contributed by atoms with van der Waals surface area (Å²) in [6.07, 6.45) is 2.14. The van der Waals surface area contributed by atoms with Crippen LogP contribution < -0.4 is 5.32 Å². The number of carbonyl (C=O) groups excluding carboxylic acids is 2. The van der Waals surface area contributed by atoms with Crippen molar-refractivity contribution in [2.75, 3.05) is 19.0 Å². The highest BCUT2D eigenvalue weighted by Gasteiger charge is 2.34. The van der Waals surface area contributed by atoms with Crippen LogP contribution >= 0.6 is 11.6 Å². The molecule has 9 heteroatoms. The number of H-pyrrole nitrogens is 1.